The maximum atomic E-state index is 14.2. The van der Waals surface area contributed by atoms with Crippen molar-refractivity contribution in [3.05, 3.63) is 36.2 Å². The summed E-state index contributed by atoms with van der Waals surface area (Å²) in [5.41, 5.74) is 6.87. The standard InChI is InChI=1S/C22H28FN7O2/c23-16-13-25-8-7-17(16)28-18-10-20(27-12-15(18)22(24)32)29-19-6-5-14(11-26-19)30-9-3-1-2-4-21(30)31/h5-6,10-12,16-17,25H,1-4,7-9,13H2,(H2,24,32)(H2,26,27,28,29)/t16-,17+/m0/s1. The minimum absolute atomic E-state index is 0.119. The highest BCUT2D eigenvalue weighted by molar-refractivity contribution is 5.98. The van der Waals surface area contributed by atoms with Crippen molar-refractivity contribution in [1.82, 2.24) is 15.3 Å². The number of anilines is 4. The molecule has 0 spiro atoms. The van der Waals surface area contributed by atoms with E-state index in [1.807, 2.05) is 6.07 Å². The smallest absolute Gasteiger partial charge is 0.252 e. The number of primary amides is 1. The second-order valence-corrected chi connectivity index (χ2v) is 8.12. The zero-order valence-corrected chi connectivity index (χ0v) is 17.8. The predicted molar refractivity (Wildman–Crippen MR) is 121 cm³/mol. The van der Waals surface area contributed by atoms with Crippen LogP contribution in [0.5, 0.6) is 0 Å². The van der Waals surface area contributed by atoms with Crippen molar-refractivity contribution in [3.8, 4) is 0 Å². The number of nitrogens with zero attached hydrogens (tertiary/aromatic N) is 3. The number of hydrogen-bond donors (Lipinski definition) is 4. The first-order chi connectivity index (χ1) is 15.5. The SMILES string of the molecule is NC(=O)c1cnc(Nc2ccc(N3CCCCCC3=O)cn2)cc1N[C@@H]1CCNC[C@@H]1F. The normalized spacial score (nSPS) is 21.7. The zero-order chi connectivity index (χ0) is 22.5. The molecule has 10 heteroatoms. The summed E-state index contributed by atoms with van der Waals surface area (Å²) in [5.74, 6) is 0.452. The molecule has 0 bridgehead atoms. The number of hydrogen-bond acceptors (Lipinski definition) is 7. The van der Waals surface area contributed by atoms with E-state index in [1.165, 1.54) is 6.20 Å². The fraction of sp³-hybridized carbons (Fsp3) is 0.455. The maximum Gasteiger partial charge on any atom is 0.252 e. The zero-order valence-electron chi connectivity index (χ0n) is 17.8. The van der Waals surface area contributed by atoms with Crippen LogP contribution >= 0.6 is 0 Å². The Balaban J connectivity index is 1.50. The lowest BCUT2D eigenvalue weighted by Gasteiger charge is -2.29. The Kier molecular flexibility index (Phi) is 6.79. The third kappa shape index (κ3) is 5.13. The van der Waals surface area contributed by atoms with Crippen molar-refractivity contribution in [2.75, 3.05) is 35.2 Å². The molecule has 2 saturated heterocycles. The van der Waals surface area contributed by atoms with E-state index in [-0.39, 0.29) is 18.0 Å². The van der Waals surface area contributed by atoms with E-state index >= 15 is 0 Å². The van der Waals surface area contributed by atoms with Gasteiger partial charge in [0.15, 0.2) is 0 Å². The minimum Gasteiger partial charge on any atom is -0.378 e. The number of amides is 2. The van der Waals surface area contributed by atoms with Gasteiger partial charge in [-0.05, 0) is 37.9 Å². The van der Waals surface area contributed by atoms with E-state index < -0.39 is 18.1 Å². The summed E-state index contributed by atoms with van der Waals surface area (Å²) >= 11 is 0. The van der Waals surface area contributed by atoms with Crippen LogP contribution in [0.15, 0.2) is 30.6 Å². The van der Waals surface area contributed by atoms with Crippen LogP contribution in [0.2, 0.25) is 0 Å². The number of alkyl halides is 1. The van der Waals surface area contributed by atoms with E-state index in [0.717, 1.165) is 24.9 Å². The Morgan fingerprint density at radius 1 is 1.19 bits per heavy atom. The molecule has 2 aromatic rings. The molecule has 2 amide bonds. The molecule has 2 aromatic heterocycles. The lowest BCUT2D eigenvalue weighted by atomic mass is 10.0. The Labute approximate surface area is 186 Å². The first-order valence-corrected chi connectivity index (χ1v) is 11.0. The molecule has 0 unspecified atom stereocenters. The van der Waals surface area contributed by atoms with Crippen molar-refractivity contribution >= 4 is 34.8 Å². The number of nitrogens with two attached hydrogens (primary N) is 1. The predicted octanol–water partition coefficient (Wildman–Crippen LogP) is 2.34. The largest absolute Gasteiger partial charge is 0.378 e. The molecule has 5 N–H and O–H groups in total. The summed E-state index contributed by atoms with van der Waals surface area (Å²) in [4.78, 5) is 34.5. The van der Waals surface area contributed by atoms with Crippen LogP contribution in [0.25, 0.3) is 0 Å². The summed E-state index contributed by atoms with van der Waals surface area (Å²) in [6.07, 6.45) is 6.05. The molecule has 32 heavy (non-hydrogen) atoms. The van der Waals surface area contributed by atoms with Crippen LogP contribution in [0, 0.1) is 0 Å². The molecule has 2 aliphatic heterocycles. The highest BCUT2D eigenvalue weighted by Crippen LogP contribution is 2.25. The number of halogens is 1. The van der Waals surface area contributed by atoms with Crippen molar-refractivity contribution in [1.29, 1.82) is 0 Å². The van der Waals surface area contributed by atoms with Gasteiger partial charge in [0.2, 0.25) is 5.91 Å². The number of carbonyl (C=O) groups is 2. The Morgan fingerprint density at radius 2 is 2.03 bits per heavy atom. The Bertz CT molecular complexity index is 969. The van der Waals surface area contributed by atoms with Gasteiger partial charge in [-0.3, -0.25) is 9.59 Å². The molecule has 170 valence electrons. The molecule has 4 heterocycles. The number of pyridine rings is 2. The van der Waals surface area contributed by atoms with Crippen LogP contribution < -0.4 is 26.6 Å². The molecule has 4 rings (SSSR count). The molecule has 9 nitrogen and oxygen atoms in total. The quantitative estimate of drug-likeness (QED) is 0.542. The molecule has 2 fully saturated rings. The van der Waals surface area contributed by atoms with Gasteiger partial charge < -0.3 is 26.6 Å². The fourth-order valence-electron chi connectivity index (χ4n) is 4.03. The summed E-state index contributed by atoms with van der Waals surface area (Å²) in [6, 6.07) is 4.82. The van der Waals surface area contributed by atoms with Gasteiger partial charge in [-0.25, -0.2) is 14.4 Å². The Hall–Kier alpha value is -3.27. The topological polar surface area (TPSA) is 125 Å². The van der Waals surface area contributed by atoms with Crippen molar-refractivity contribution in [2.45, 2.75) is 44.3 Å². The molecule has 0 saturated carbocycles. The molecular weight excluding hydrogens is 413 g/mol. The van der Waals surface area contributed by atoms with Crippen molar-refractivity contribution in [3.63, 3.8) is 0 Å². The monoisotopic (exact) mass is 441 g/mol. The average molecular weight is 442 g/mol. The second kappa shape index (κ2) is 9.90. The maximum absolute atomic E-state index is 14.2. The van der Waals surface area contributed by atoms with Gasteiger partial charge in [-0.1, -0.05) is 6.42 Å². The fourth-order valence-corrected chi connectivity index (χ4v) is 4.03. The van der Waals surface area contributed by atoms with Crippen molar-refractivity contribution < 1.29 is 14.0 Å². The van der Waals surface area contributed by atoms with Crippen LogP contribution in [0.4, 0.5) is 27.4 Å². The second-order valence-electron chi connectivity index (χ2n) is 8.12. The van der Waals surface area contributed by atoms with Gasteiger partial charge in [-0.2, -0.15) is 0 Å². The molecule has 2 aliphatic rings. The average Bonchev–Trinajstić information content (AvgIpc) is 3.00. The van der Waals surface area contributed by atoms with Crippen LogP contribution in [-0.2, 0) is 4.79 Å². The highest BCUT2D eigenvalue weighted by atomic mass is 19.1. The number of aromatic nitrogens is 2. The van der Waals surface area contributed by atoms with Crippen LogP contribution in [0.1, 0.15) is 42.5 Å². The Morgan fingerprint density at radius 3 is 2.78 bits per heavy atom. The van der Waals surface area contributed by atoms with Crippen molar-refractivity contribution in [2.24, 2.45) is 5.73 Å². The highest BCUT2D eigenvalue weighted by Gasteiger charge is 2.26. The summed E-state index contributed by atoms with van der Waals surface area (Å²) in [5, 5.41) is 9.20. The molecular formula is C22H28FN7O2. The first kappa shape index (κ1) is 21.9. The molecule has 0 aliphatic carbocycles. The van der Waals surface area contributed by atoms with Gasteiger partial charge in [0.25, 0.3) is 5.91 Å². The van der Waals surface area contributed by atoms with Crippen LogP contribution in [-0.4, -0.2) is 53.6 Å². The van der Waals surface area contributed by atoms with E-state index in [2.05, 4.69) is 25.9 Å². The third-order valence-corrected chi connectivity index (χ3v) is 5.81. The lowest BCUT2D eigenvalue weighted by molar-refractivity contribution is -0.118. The van der Waals surface area contributed by atoms with Gasteiger partial charge in [0.1, 0.15) is 17.8 Å². The van der Waals surface area contributed by atoms with Gasteiger partial charge in [0.05, 0.1) is 29.2 Å². The first-order valence-electron chi connectivity index (χ1n) is 11.0. The number of rotatable bonds is 6. The van der Waals surface area contributed by atoms with E-state index in [9.17, 15) is 14.0 Å². The van der Waals surface area contributed by atoms with E-state index in [1.54, 1.807) is 23.2 Å². The van der Waals surface area contributed by atoms with E-state index in [0.29, 0.717) is 43.3 Å². The summed E-state index contributed by atoms with van der Waals surface area (Å²) < 4.78 is 14.2. The van der Waals surface area contributed by atoms with Gasteiger partial charge in [-0.15, -0.1) is 0 Å². The van der Waals surface area contributed by atoms with Gasteiger partial charge in [0, 0.05) is 31.8 Å². The van der Waals surface area contributed by atoms with E-state index in [4.69, 9.17) is 5.73 Å². The van der Waals surface area contributed by atoms with Gasteiger partial charge >= 0.3 is 0 Å². The lowest BCUT2D eigenvalue weighted by Crippen LogP contribution is -2.45. The number of nitrogens with one attached hydrogen (secondary N) is 3. The number of carbonyl (C=O) groups excluding carboxylic acids is 2. The minimum atomic E-state index is -1.08. The summed E-state index contributed by atoms with van der Waals surface area (Å²) in [7, 11) is 0. The number of piperidine rings is 1. The third-order valence-electron chi connectivity index (χ3n) is 5.81. The molecule has 2 atom stereocenters. The molecule has 0 radical (unpaired) electrons. The van der Waals surface area contributed by atoms with Crippen LogP contribution in [0.3, 0.4) is 0 Å². The molecule has 0 aromatic carbocycles. The summed E-state index contributed by atoms with van der Waals surface area (Å²) in [6.45, 7) is 1.65.